The molecule has 1 aliphatic rings. The summed E-state index contributed by atoms with van der Waals surface area (Å²) in [4.78, 5) is 27.9. The van der Waals surface area contributed by atoms with E-state index in [-0.39, 0.29) is 31.3 Å². The molecular formula is C27H30BrN3O4S. The van der Waals surface area contributed by atoms with Gasteiger partial charge in [-0.2, -0.15) is 0 Å². The number of sulfonamides is 1. The van der Waals surface area contributed by atoms with E-state index in [1.54, 1.807) is 30.0 Å². The first-order valence-corrected chi connectivity index (χ1v) is 14.3. The molecule has 0 aromatic heterocycles. The lowest BCUT2D eigenvalue weighted by atomic mass is 10.1. The molecule has 3 aromatic carbocycles. The number of halogens is 1. The summed E-state index contributed by atoms with van der Waals surface area (Å²) in [6.45, 7) is 4.71. The second-order valence-corrected chi connectivity index (χ2v) is 11.7. The van der Waals surface area contributed by atoms with Crippen molar-refractivity contribution in [3.8, 4) is 0 Å². The van der Waals surface area contributed by atoms with Gasteiger partial charge < -0.3 is 10.2 Å². The topological polar surface area (TPSA) is 86.8 Å². The van der Waals surface area contributed by atoms with Crippen molar-refractivity contribution in [2.45, 2.75) is 50.6 Å². The molecular weight excluding hydrogens is 542 g/mol. The molecule has 1 N–H and O–H groups in total. The Hall–Kier alpha value is -2.91. The Morgan fingerprint density at radius 2 is 1.81 bits per heavy atom. The van der Waals surface area contributed by atoms with Gasteiger partial charge in [0.1, 0.15) is 6.04 Å². The third kappa shape index (κ3) is 5.27. The van der Waals surface area contributed by atoms with Crippen molar-refractivity contribution < 1.29 is 18.0 Å². The monoisotopic (exact) mass is 571 g/mol. The summed E-state index contributed by atoms with van der Waals surface area (Å²) < 4.78 is 28.7. The highest BCUT2D eigenvalue weighted by atomic mass is 79.9. The first-order valence-electron chi connectivity index (χ1n) is 12.1. The molecule has 0 bridgehead atoms. The minimum atomic E-state index is -3.67. The van der Waals surface area contributed by atoms with Gasteiger partial charge >= 0.3 is 0 Å². The molecule has 7 nitrogen and oxygen atoms in total. The van der Waals surface area contributed by atoms with Crippen LogP contribution in [0, 0.1) is 0 Å². The molecule has 4 rings (SSSR count). The maximum atomic E-state index is 13.4. The van der Waals surface area contributed by atoms with E-state index in [1.165, 1.54) is 4.31 Å². The molecule has 1 heterocycles. The summed E-state index contributed by atoms with van der Waals surface area (Å²) in [6, 6.07) is 17.8. The lowest BCUT2D eigenvalue weighted by Gasteiger charge is -2.29. The summed E-state index contributed by atoms with van der Waals surface area (Å²) >= 11 is 3.46. The average Bonchev–Trinajstić information content (AvgIpc) is 3.08. The predicted molar refractivity (Wildman–Crippen MR) is 145 cm³/mol. The normalized spacial score (nSPS) is 14.6. The maximum Gasteiger partial charge on any atom is 0.265 e. The van der Waals surface area contributed by atoms with Crippen LogP contribution in [0.4, 0.5) is 5.69 Å². The molecule has 3 aromatic rings. The van der Waals surface area contributed by atoms with Gasteiger partial charge in [-0.15, -0.1) is 0 Å². The summed E-state index contributed by atoms with van der Waals surface area (Å²) in [5, 5.41) is 4.47. The van der Waals surface area contributed by atoms with Gasteiger partial charge in [-0.25, -0.2) is 8.42 Å². The zero-order valence-corrected chi connectivity index (χ0v) is 22.8. The van der Waals surface area contributed by atoms with Crippen molar-refractivity contribution in [3.05, 3.63) is 70.7 Å². The molecule has 0 aliphatic carbocycles. The Morgan fingerprint density at radius 1 is 1.08 bits per heavy atom. The third-order valence-corrected chi connectivity index (χ3v) is 8.74. The van der Waals surface area contributed by atoms with E-state index in [0.29, 0.717) is 23.5 Å². The van der Waals surface area contributed by atoms with E-state index in [9.17, 15) is 18.0 Å². The van der Waals surface area contributed by atoms with Crippen molar-refractivity contribution in [1.82, 2.24) is 10.2 Å². The molecule has 0 radical (unpaired) electrons. The summed E-state index contributed by atoms with van der Waals surface area (Å²) in [6.07, 6.45) is 1.26. The van der Waals surface area contributed by atoms with Crippen LogP contribution in [0.3, 0.4) is 0 Å². The minimum Gasteiger partial charge on any atom is -0.354 e. The van der Waals surface area contributed by atoms with Gasteiger partial charge in [-0.3, -0.25) is 13.9 Å². The first kappa shape index (κ1) is 26.2. The molecule has 0 saturated carbocycles. The van der Waals surface area contributed by atoms with E-state index < -0.39 is 16.1 Å². The van der Waals surface area contributed by atoms with Crippen molar-refractivity contribution >= 4 is 54.2 Å². The van der Waals surface area contributed by atoms with Crippen molar-refractivity contribution in [3.63, 3.8) is 0 Å². The van der Waals surface area contributed by atoms with E-state index in [4.69, 9.17) is 0 Å². The molecule has 190 valence electrons. The van der Waals surface area contributed by atoms with E-state index in [2.05, 4.69) is 21.2 Å². The number of amides is 2. The Kier molecular flexibility index (Phi) is 8.00. The van der Waals surface area contributed by atoms with E-state index >= 15 is 0 Å². The van der Waals surface area contributed by atoms with E-state index in [1.807, 2.05) is 49.4 Å². The van der Waals surface area contributed by atoms with Crippen LogP contribution in [0.25, 0.3) is 10.8 Å². The van der Waals surface area contributed by atoms with E-state index in [0.717, 1.165) is 27.2 Å². The quantitative estimate of drug-likeness (QED) is 0.377. The van der Waals surface area contributed by atoms with Gasteiger partial charge in [0.25, 0.3) is 10.0 Å². The summed E-state index contributed by atoms with van der Waals surface area (Å²) in [5.74, 6) is -0.397. The van der Waals surface area contributed by atoms with Crippen LogP contribution in [-0.2, 0) is 26.2 Å². The highest BCUT2D eigenvalue weighted by molar-refractivity contribution is 9.10. The SMILES string of the molecule is CCCNC(=O)[C@@H](C)N(Cc1cccc(Br)c1)C(=O)CCCN1c2cccc3cccc(c23)S1(=O)=O. The molecule has 36 heavy (non-hydrogen) atoms. The van der Waals surface area contributed by atoms with Gasteiger partial charge in [0.05, 0.1) is 10.6 Å². The predicted octanol–water partition coefficient (Wildman–Crippen LogP) is 4.83. The maximum absolute atomic E-state index is 13.4. The average molecular weight is 573 g/mol. The highest BCUT2D eigenvalue weighted by Gasteiger charge is 2.35. The van der Waals surface area contributed by atoms with Crippen LogP contribution in [0.1, 0.15) is 38.7 Å². The Morgan fingerprint density at radius 3 is 2.53 bits per heavy atom. The van der Waals surface area contributed by atoms with Crippen LogP contribution in [0.2, 0.25) is 0 Å². The number of nitrogens with zero attached hydrogens (tertiary/aromatic N) is 2. The van der Waals surface area contributed by atoms with Crippen molar-refractivity contribution in [2.75, 3.05) is 17.4 Å². The number of hydrogen-bond donors (Lipinski definition) is 1. The Balaban J connectivity index is 1.49. The molecule has 1 aliphatic heterocycles. The van der Waals surface area contributed by atoms with Gasteiger partial charge in [0.2, 0.25) is 11.8 Å². The zero-order valence-electron chi connectivity index (χ0n) is 20.4. The summed E-state index contributed by atoms with van der Waals surface area (Å²) in [7, 11) is -3.67. The fourth-order valence-electron chi connectivity index (χ4n) is 4.53. The fourth-order valence-corrected chi connectivity index (χ4v) is 6.72. The van der Waals surface area contributed by atoms with Gasteiger partial charge in [-0.1, -0.05) is 59.3 Å². The van der Waals surface area contributed by atoms with Crippen LogP contribution < -0.4 is 9.62 Å². The summed E-state index contributed by atoms with van der Waals surface area (Å²) in [5.41, 5.74) is 1.55. The smallest absolute Gasteiger partial charge is 0.265 e. The number of benzene rings is 3. The second-order valence-electron chi connectivity index (χ2n) is 8.93. The number of rotatable bonds is 10. The highest BCUT2D eigenvalue weighted by Crippen LogP contribution is 2.42. The van der Waals surface area contributed by atoms with Crippen LogP contribution in [0.15, 0.2) is 70.0 Å². The third-order valence-electron chi connectivity index (χ3n) is 6.39. The number of carbonyl (C=O) groups excluding carboxylic acids is 2. The van der Waals surface area contributed by atoms with Crippen molar-refractivity contribution in [1.29, 1.82) is 0 Å². The minimum absolute atomic E-state index is 0.123. The van der Waals surface area contributed by atoms with Crippen LogP contribution in [-0.4, -0.2) is 44.3 Å². The molecule has 9 heteroatoms. The molecule has 0 spiro atoms. The van der Waals surface area contributed by atoms with Gasteiger partial charge in [0.15, 0.2) is 0 Å². The Bertz CT molecular complexity index is 1390. The molecule has 0 saturated heterocycles. The largest absolute Gasteiger partial charge is 0.354 e. The standard InChI is InChI=1S/C27H30BrN3O4S/c1-3-15-29-27(33)19(2)30(18-20-8-4-11-22(28)17-20)25(32)14-7-16-31-23-12-5-9-21-10-6-13-24(26(21)23)36(31,34)35/h4-6,8-13,17,19H,3,7,14-16,18H2,1-2H3,(H,29,33)/t19-/m1/s1. The lowest BCUT2D eigenvalue weighted by molar-refractivity contribution is -0.140. The molecule has 0 fully saturated rings. The molecule has 1 atom stereocenters. The van der Waals surface area contributed by atoms with Crippen LogP contribution in [0.5, 0.6) is 0 Å². The van der Waals surface area contributed by atoms with Crippen molar-refractivity contribution in [2.24, 2.45) is 0 Å². The number of carbonyl (C=O) groups is 2. The number of hydrogen-bond acceptors (Lipinski definition) is 4. The number of anilines is 1. The number of nitrogens with one attached hydrogen (secondary N) is 1. The molecule has 2 amide bonds. The zero-order chi connectivity index (χ0) is 25.9. The Labute approximate surface area is 220 Å². The van der Waals surface area contributed by atoms with Gasteiger partial charge in [-0.05, 0) is 55.0 Å². The first-order chi connectivity index (χ1) is 17.2. The lowest BCUT2D eigenvalue weighted by Crippen LogP contribution is -2.47. The van der Waals surface area contributed by atoms with Gasteiger partial charge in [0, 0.05) is 35.9 Å². The fraction of sp³-hybridized carbons (Fsp3) is 0.333. The molecule has 0 unspecified atom stereocenters. The second kappa shape index (κ2) is 11.0. The van der Waals surface area contributed by atoms with Crippen LogP contribution >= 0.6 is 15.9 Å².